The van der Waals surface area contributed by atoms with Gasteiger partial charge in [0.2, 0.25) is 0 Å². The minimum atomic E-state index is 0.279. The zero-order valence-electron chi connectivity index (χ0n) is 11.5. The van der Waals surface area contributed by atoms with Gasteiger partial charge in [0.25, 0.3) is 0 Å². The lowest BCUT2D eigenvalue weighted by Crippen LogP contribution is -2.35. The molecule has 2 aliphatic rings. The summed E-state index contributed by atoms with van der Waals surface area (Å²) in [6.45, 7) is 2.35. The molecule has 1 saturated heterocycles. The molecule has 2 N–H and O–H groups in total. The molecule has 5 heteroatoms. The maximum Gasteiger partial charge on any atom is 0.168 e. The number of phenolic OH excluding ortho intramolecular Hbond substituents is 1. The van der Waals surface area contributed by atoms with Gasteiger partial charge in [0.15, 0.2) is 11.5 Å². The number of aromatic hydroxyl groups is 1. The van der Waals surface area contributed by atoms with Crippen molar-refractivity contribution in [3.8, 4) is 17.2 Å². The van der Waals surface area contributed by atoms with Crippen LogP contribution in [0.25, 0.3) is 0 Å². The van der Waals surface area contributed by atoms with E-state index in [-0.39, 0.29) is 5.75 Å². The number of ether oxygens (including phenoxy) is 2. The number of hydrogen-bond acceptors (Lipinski definition) is 4. The van der Waals surface area contributed by atoms with E-state index in [4.69, 9.17) is 9.47 Å². The summed E-state index contributed by atoms with van der Waals surface area (Å²) >= 11 is 3.41. The van der Waals surface area contributed by atoms with Crippen molar-refractivity contribution in [2.45, 2.75) is 38.1 Å². The quantitative estimate of drug-likeness (QED) is 0.868. The van der Waals surface area contributed by atoms with Crippen LogP contribution < -0.4 is 14.8 Å². The van der Waals surface area contributed by atoms with Crippen LogP contribution in [0, 0.1) is 0 Å². The molecule has 1 fully saturated rings. The molecule has 1 aromatic rings. The van der Waals surface area contributed by atoms with Crippen LogP contribution in [0.1, 0.15) is 31.2 Å². The molecule has 1 atom stereocenters. The molecule has 0 saturated carbocycles. The van der Waals surface area contributed by atoms with Crippen LogP contribution in [-0.2, 0) is 6.42 Å². The van der Waals surface area contributed by atoms with Crippen LogP contribution in [0.5, 0.6) is 17.2 Å². The minimum Gasteiger partial charge on any atom is -0.506 e. The van der Waals surface area contributed by atoms with E-state index in [2.05, 4.69) is 21.2 Å². The van der Waals surface area contributed by atoms with Crippen molar-refractivity contribution in [1.82, 2.24) is 5.32 Å². The predicted octanol–water partition coefficient (Wildman–Crippen LogP) is 3.00. The van der Waals surface area contributed by atoms with Gasteiger partial charge in [-0.2, -0.15) is 0 Å². The van der Waals surface area contributed by atoms with E-state index in [1.165, 1.54) is 12.8 Å². The molecule has 4 nitrogen and oxygen atoms in total. The smallest absolute Gasteiger partial charge is 0.168 e. The maximum absolute atomic E-state index is 10.4. The summed E-state index contributed by atoms with van der Waals surface area (Å²) < 4.78 is 12.2. The number of phenols is 1. The highest BCUT2D eigenvalue weighted by Gasteiger charge is 2.24. The van der Waals surface area contributed by atoms with Crippen LogP contribution in [0.3, 0.4) is 0 Å². The number of benzene rings is 1. The highest BCUT2D eigenvalue weighted by Crippen LogP contribution is 2.44. The van der Waals surface area contributed by atoms with E-state index in [1.54, 1.807) is 6.07 Å². The summed E-state index contributed by atoms with van der Waals surface area (Å²) in [7, 11) is 0. The molecule has 20 heavy (non-hydrogen) atoms. The minimum absolute atomic E-state index is 0.279. The molecule has 2 heterocycles. The largest absolute Gasteiger partial charge is 0.506 e. The van der Waals surface area contributed by atoms with E-state index in [0.717, 1.165) is 42.9 Å². The Morgan fingerprint density at radius 1 is 1.25 bits per heavy atom. The van der Waals surface area contributed by atoms with E-state index < -0.39 is 0 Å². The fraction of sp³-hybridized carbons (Fsp3) is 0.600. The average molecular weight is 342 g/mol. The highest BCUT2D eigenvalue weighted by molar-refractivity contribution is 9.10. The molecule has 0 aromatic heterocycles. The van der Waals surface area contributed by atoms with Gasteiger partial charge in [-0.05, 0) is 41.7 Å². The first-order chi connectivity index (χ1) is 9.75. The van der Waals surface area contributed by atoms with Gasteiger partial charge in [0, 0.05) is 24.1 Å². The van der Waals surface area contributed by atoms with Crippen molar-refractivity contribution in [2.75, 3.05) is 19.8 Å². The molecule has 0 radical (unpaired) electrons. The van der Waals surface area contributed by atoms with Gasteiger partial charge in [-0.3, -0.25) is 0 Å². The lowest BCUT2D eigenvalue weighted by atomic mass is 9.96. The zero-order valence-corrected chi connectivity index (χ0v) is 13.0. The van der Waals surface area contributed by atoms with Gasteiger partial charge >= 0.3 is 0 Å². The van der Waals surface area contributed by atoms with Gasteiger partial charge in [-0.25, -0.2) is 0 Å². The standard InChI is InChI=1S/C15H20BrNO3/c16-12-9-13-15(20-7-3-6-19-13)11(14(12)18)8-10-4-1-2-5-17-10/h9-10,17-18H,1-8H2. The topological polar surface area (TPSA) is 50.7 Å². The molecule has 0 aliphatic carbocycles. The van der Waals surface area contributed by atoms with Crippen molar-refractivity contribution in [2.24, 2.45) is 0 Å². The zero-order chi connectivity index (χ0) is 13.9. The second-order valence-electron chi connectivity index (χ2n) is 5.41. The van der Waals surface area contributed by atoms with E-state index in [9.17, 15) is 5.11 Å². The first-order valence-electron chi connectivity index (χ1n) is 7.29. The van der Waals surface area contributed by atoms with Crippen molar-refractivity contribution < 1.29 is 14.6 Å². The Balaban J connectivity index is 1.92. The van der Waals surface area contributed by atoms with Gasteiger partial charge < -0.3 is 19.9 Å². The summed E-state index contributed by atoms with van der Waals surface area (Å²) in [4.78, 5) is 0. The number of nitrogens with one attached hydrogen (secondary N) is 1. The van der Waals surface area contributed by atoms with E-state index in [0.29, 0.717) is 23.7 Å². The van der Waals surface area contributed by atoms with Crippen molar-refractivity contribution in [1.29, 1.82) is 0 Å². The van der Waals surface area contributed by atoms with Crippen molar-refractivity contribution in [3.05, 3.63) is 16.1 Å². The first kappa shape index (κ1) is 14.0. The second kappa shape index (κ2) is 6.22. The fourth-order valence-corrected chi connectivity index (χ4v) is 3.31. The number of hydrogen-bond donors (Lipinski definition) is 2. The summed E-state index contributed by atoms with van der Waals surface area (Å²) in [6.07, 6.45) is 5.26. The van der Waals surface area contributed by atoms with Crippen LogP contribution >= 0.6 is 15.9 Å². The molecule has 0 spiro atoms. The van der Waals surface area contributed by atoms with Crippen molar-refractivity contribution >= 4 is 15.9 Å². The lowest BCUT2D eigenvalue weighted by Gasteiger charge is -2.25. The third-order valence-electron chi connectivity index (χ3n) is 3.92. The number of piperidine rings is 1. The van der Waals surface area contributed by atoms with Gasteiger partial charge in [0.05, 0.1) is 17.7 Å². The summed E-state index contributed by atoms with van der Waals surface area (Å²) in [5, 5.41) is 13.9. The third-order valence-corrected chi connectivity index (χ3v) is 4.53. The summed E-state index contributed by atoms with van der Waals surface area (Å²) in [5.74, 6) is 1.73. The van der Waals surface area contributed by atoms with E-state index >= 15 is 0 Å². The lowest BCUT2D eigenvalue weighted by molar-refractivity contribution is 0.294. The Morgan fingerprint density at radius 3 is 2.90 bits per heavy atom. The van der Waals surface area contributed by atoms with Crippen LogP contribution in [-0.4, -0.2) is 30.9 Å². The monoisotopic (exact) mass is 341 g/mol. The molecule has 0 bridgehead atoms. The maximum atomic E-state index is 10.4. The first-order valence-corrected chi connectivity index (χ1v) is 8.08. The van der Waals surface area contributed by atoms with Gasteiger partial charge in [-0.1, -0.05) is 6.42 Å². The Labute approximate surface area is 127 Å². The number of rotatable bonds is 2. The van der Waals surface area contributed by atoms with Crippen LogP contribution in [0.2, 0.25) is 0 Å². The van der Waals surface area contributed by atoms with Gasteiger partial charge in [0.1, 0.15) is 5.75 Å². The number of fused-ring (bicyclic) bond motifs is 1. The molecule has 2 aliphatic heterocycles. The second-order valence-corrected chi connectivity index (χ2v) is 6.27. The van der Waals surface area contributed by atoms with Crippen LogP contribution in [0.4, 0.5) is 0 Å². The summed E-state index contributed by atoms with van der Waals surface area (Å²) in [6, 6.07) is 2.20. The molecular formula is C15H20BrNO3. The Morgan fingerprint density at radius 2 is 2.10 bits per heavy atom. The van der Waals surface area contributed by atoms with Crippen LogP contribution in [0.15, 0.2) is 10.5 Å². The SMILES string of the molecule is Oc1c(Br)cc2c(c1CC1CCCCN1)OCCCO2. The average Bonchev–Trinajstić information content (AvgIpc) is 2.70. The highest BCUT2D eigenvalue weighted by atomic mass is 79.9. The number of halogens is 1. The summed E-state index contributed by atoms with van der Waals surface area (Å²) in [5.41, 5.74) is 0.857. The Hall–Kier alpha value is -0.940. The molecule has 3 rings (SSSR count). The Kier molecular flexibility index (Phi) is 4.36. The normalized spacial score (nSPS) is 22.4. The molecular weight excluding hydrogens is 322 g/mol. The predicted molar refractivity (Wildman–Crippen MR) is 80.8 cm³/mol. The van der Waals surface area contributed by atoms with Crippen molar-refractivity contribution in [3.63, 3.8) is 0 Å². The fourth-order valence-electron chi connectivity index (χ4n) is 2.86. The van der Waals surface area contributed by atoms with Gasteiger partial charge in [-0.15, -0.1) is 0 Å². The third kappa shape index (κ3) is 2.88. The molecule has 0 amide bonds. The molecule has 110 valence electrons. The van der Waals surface area contributed by atoms with E-state index in [1.807, 2.05) is 0 Å². The Bertz CT molecular complexity index is 486. The molecule has 1 aromatic carbocycles. The molecule has 1 unspecified atom stereocenters.